The predicted molar refractivity (Wildman–Crippen MR) is 127 cm³/mol. The lowest BCUT2D eigenvalue weighted by atomic mass is 9.99. The van der Waals surface area contributed by atoms with Crippen LogP contribution >= 0.6 is 0 Å². The normalized spacial score (nSPS) is 15.4. The van der Waals surface area contributed by atoms with Crippen molar-refractivity contribution >= 4 is 17.5 Å². The van der Waals surface area contributed by atoms with E-state index in [0.29, 0.717) is 24.4 Å². The van der Waals surface area contributed by atoms with Crippen LogP contribution in [0.4, 0.5) is 19.3 Å². The number of rotatable bonds is 6. The van der Waals surface area contributed by atoms with Gasteiger partial charge in [-0.15, -0.1) is 0 Å². The molecule has 0 saturated heterocycles. The van der Waals surface area contributed by atoms with Gasteiger partial charge in [0.1, 0.15) is 11.6 Å². The minimum atomic E-state index is -0.573. The van der Waals surface area contributed by atoms with Crippen molar-refractivity contribution in [3.8, 4) is 11.1 Å². The molecule has 0 saturated carbocycles. The number of amides is 1. The summed E-state index contributed by atoms with van der Waals surface area (Å²) in [6, 6.07) is 19.3. The number of carbonyl (C=O) groups is 1. The number of hydrogen-bond donors (Lipinski definition) is 1. The first kappa shape index (κ1) is 22.6. The van der Waals surface area contributed by atoms with E-state index in [0.717, 1.165) is 23.1 Å². The lowest BCUT2D eigenvalue weighted by molar-refractivity contribution is 0.147. The van der Waals surface area contributed by atoms with E-state index in [-0.39, 0.29) is 17.5 Å². The van der Waals surface area contributed by atoms with Gasteiger partial charge >= 0.3 is 6.09 Å². The van der Waals surface area contributed by atoms with E-state index >= 15 is 0 Å². The third kappa shape index (κ3) is 5.45. The van der Waals surface area contributed by atoms with Crippen LogP contribution in [0.15, 0.2) is 71.7 Å². The summed E-state index contributed by atoms with van der Waals surface area (Å²) in [7, 11) is 0. The zero-order chi connectivity index (χ0) is 23.4. The van der Waals surface area contributed by atoms with E-state index in [1.54, 1.807) is 0 Å². The smallest absolute Gasteiger partial charge is 0.411 e. The fraction of sp³-hybridized carbons (Fsp3) is 0.259. The highest BCUT2D eigenvalue weighted by molar-refractivity contribution is 6.02. The number of benzene rings is 3. The van der Waals surface area contributed by atoms with Crippen molar-refractivity contribution in [3.63, 3.8) is 0 Å². The number of aliphatic imine (C=N–C) groups is 1. The van der Waals surface area contributed by atoms with Crippen LogP contribution < -0.4 is 5.32 Å². The quantitative estimate of drug-likeness (QED) is 0.435. The topological polar surface area (TPSA) is 50.7 Å². The molecular formula is C27H26F2N2O2. The van der Waals surface area contributed by atoms with Gasteiger partial charge < -0.3 is 4.74 Å². The average molecular weight is 449 g/mol. The van der Waals surface area contributed by atoms with E-state index in [1.807, 2.05) is 62.4 Å². The predicted octanol–water partition coefficient (Wildman–Crippen LogP) is 7.16. The maximum Gasteiger partial charge on any atom is 0.411 e. The minimum Gasteiger partial charge on any atom is -0.449 e. The molecule has 1 N–H and O–H groups in total. The summed E-state index contributed by atoms with van der Waals surface area (Å²) in [5.74, 6) is -0.866. The Morgan fingerprint density at radius 1 is 1.00 bits per heavy atom. The second-order valence-electron chi connectivity index (χ2n) is 8.54. The van der Waals surface area contributed by atoms with Gasteiger partial charge in [0.15, 0.2) is 0 Å². The van der Waals surface area contributed by atoms with Crippen molar-refractivity contribution < 1.29 is 18.3 Å². The number of nitrogens with zero attached hydrogens (tertiary/aromatic N) is 1. The molecule has 0 bridgehead atoms. The lowest BCUT2D eigenvalue weighted by Crippen LogP contribution is -2.16. The lowest BCUT2D eigenvalue weighted by Gasteiger charge is -2.10. The Morgan fingerprint density at radius 2 is 1.61 bits per heavy atom. The Kier molecular flexibility index (Phi) is 6.82. The van der Waals surface area contributed by atoms with Crippen molar-refractivity contribution in [2.24, 2.45) is 10.9 Å². The summed E-state index contributed by atoms with van der Waals surface area (Å²) < 4.78 is 33.3. The summed E-state index contributed by atoms with van der Waals surface area (Å²) >= 11 is 0. The van der Waals surface area contributed by atoms with E-state index in [2.05, 4.69) is 10.3 Å². The fourth-order valence-corrected chi connectivity index (χ4v) is 3.83. The third-order valence-corrected chi connectivity index (χ3v) is 5.53. The molecule has 0 radical (unpaired) electrons. The first-order valence-corrected chi connectivity index (χ1v) is 11.1. The SMILES string of the molecule is CC(C)COC(=O)Nc1ccc(-c2ccc(C3CCC(c4c(F)cccc4F)=N3)cc2)cc1. The Labute approximate surface area is 192 Å². The molecule has 33 heavy (non-hydrogen) atoms. The molecular weight excluding hydrogens is 422 g/mol. The zero-order valence-corrected chi connectivity index (χ0v) is 18.6. The van der Waals surface area contributed by atoms with Gasteiger partial charge in [0.05, 0.1) is 18.2 Å². The van der Waals surface area contributed by atoms with Crippen LogP contribution in [-0.2, 0) is 4.74 Å². The van der Waals surface area contributed by atoms with Crippen molar-refractivity contribution in [2.75, 3.05) is 11.9 Å². The summed E-state index contributed by atoms with van der Waals surface area (Å²) in [6.07, 6.45) is 0.793. The largest absolute Gasteiger partial charge is 0.449 e. The first-order valence-electron chi connectivity index (χ1n) is 11.1. The maximum absolute atomic E-state index is 14.1. The van der Waals surface area contributed by atoms with Crippen LogP contribution in [0.2, 0.25) is 0 Å². The van der Waals surface area contributed by atoms with Crippen molar-refractivity contribution in [1.29, 1.82) is 0 Å². The minimum absolute atomic E-state index is 0.0154. The van der Waals surface area contributed by atoms with Gasteiger partial charge in [-0.2, -0.15) is 0 Å². The second kappa shape index (κ2) is 9.94. The number of halogens is 2. The van der Waals surface area contributed by atoms with Crippen molar-refractivity contribution in [3.05, 3.63) is 89.5 Å². The van der Waals surface area contributed by atoms with Crippen LogP contribution in [0.3, 0.4) is 0 Å². The molecule has 1 aliphatic rings. The average Bonchev–Trinajstić information content (AvgIpc) is 3.28. The second-order valence-corrected chi connectivity index (χ2v) is 8.54. The highest BCUT2D eigenvalue weighted by Crippen LogP contribution is 2.33. The Hall–Kier alpha value is -3.54. The molecule has 4 nitrogen and oxygen atoms in total. The Morgan fingerprint density at radius 3 is 2.21 bits per heavy atom. The standard InChI is InChI=1S/C27H26F2N2O2/c1-17(2)16-33-27(32)30-21-12-10-19(11-13-21)18-6-8-20(9-7-18)24-14-15-25(31-24)26-22(28)4-3-5-23(26)29/h3-13,17,24H,14-16H2,1-2H3,(H,30,32). The van der Waals surface area contributed by atoms with Gasteiger partial charge in [-0.1, -0.05) is 56.3 Å². The van der Waals surface area contributed by atoms with Crippen LogP contribution in [0.25, 0.3) is 11.1 Å². The number of nitrogens with one attached hydrogen (secondary N) is 1. The van der Waals surface area contributed by atoms with Crippen LogP contribution in [0.5, 0.6) is 0 Å². The zero-order valence-electron chi connectivity index (χ0n) is 18.6. The summed E-state index contributed by atoms with van der Waals surface area (Å²) in [5, 5.41) is 2.72. The van der Waals surface area contributed by atoms with Gasteiger partial charge in [0, 0.05) is 11.4 Å². The maximum atomic E-state index is 14.1. The monoisotopic (exact) mass is 448 g/mol. The highest BCUT2D eigenvalue weighted by atomic mass is 19.1. The third-order valence-electron chi connectivity index (χ3n) is 5.53. The van der Waals surface area contributed by atoms with Gasteiger partial charge in [-0.05, 0) is 59.7 Å². The summed E-state index contributed by atoms with van der Waals surface area (Å²) in [5.41, 5.74) is 4.17. The molecule has 4 rings (SSSR count). The number of hydrogen-bond acceptors (Lipinski definition) is 3. The molecule has 170 valence electrons. The molecule has 1 aliphatic heterocycles. The summed E-state index contributed by atoms with van der Waals surface area (Å²) in [4.78, 5) is 16.4. The number of ether oxygens (including phenoxy) is 1. The molecule has 3 aromatic carbocycles. The molecule has 0 aromatic heterocycles. The molecule has 0 spiro atoms. The summed E-state index contributed by atoms with van der Waals surface area (Å²) in [6.45, 7) is 4.33. The fourth-order valence-electron chi connectivity index (χ4n) is 3.83. The van der Waals surface area contributed by atoms with E-state index in [9.17, 15) is 13.6 Å². The van der Waals surface area contributed by atoms with Gasteiger partial charge in [-0.25, -0.2) is 13.6 Å². The molecule has 1 heterocycles. The van der Waals surface area contributed by atoms with E-state index in [1.165, 1.54) is 18.2 Å². The molecule has 1 amide bonds. The van der Waals surface area contributed by atoms with Crippen molar-refractivity contribution in [2.45, 2.75) is 32.7 Å². The van der Waals surface area contributed by atoms with Gasteiger partial charge in [0.2, 0.25) is 0 Å². The van der Waals surface area contributed by atoms with Crippen molar-refractivity contribution in [1.82, 2.24) is 0 Å². The molecule has 6 heteroatoms. The van der Waals surface area contributed by atoms with Gasteiger partial charge in [0.25, 0.3) is 0 Å². The first-order chi connectivity index (χ1) is 15.9. The Bertz CT molecular complexity index is 1140. The Balaban J connectivity index is 1.42. The van der Waals surface area contributed by atoms with Gasteiger partial charge in [-0.3, -0.25) is 10.3 Å². The molecule has 1 atom stereocenters. The van der Waals surface area contributed by atoms with E-state index in [4.69, 9.17) is 4.74 Å². The van der Waals surface area contributed by atoms with Crippen LogP contribution in [0, 0.1) is 17.6 Å². The molecule has 0 fully saturated rings. The number of anilines is 1. The molecule has 0 aliphatic carbocycles. The highest BCUT2D eigenvalue weighted by Gasteiger charge is 2.24. The molecule has 1 unspecified atom stereocenters. The van der Waals surface area contributed by atoms with Crippen LogP contribution in [0.1, 0.15) is 43.9 Å². The van der Waals surface area contributed by atoms with E-state index < -0.39 is 17.7 Å². The number of carbonyl (C=O) groups excluding carboxylic acids is 1. The van der Waals surface area contributed by atoms with Crippen LogP contribution in [-0.4, -0.2) is 18.4 Å². The molecule has 3 aromatic rings.